The van der Waals surface area contributed by atoms with Gasteiger partial charge in [0.05, 0.1) is 41.5 Å². The Morgan fingerprint density at radius 1 is 0.935 bits per heavy atom. The summed E-state index contributed by atoms with van der Waals surface area (Å²) in [4.78, 5) is 18.6. The number of carbonyl (C=O) groups excluding carboxylic acids is 1. The molecule has 6 N–H and O–H groups in total. The Balaban J connectivity index is 1.76. The van der Waals surface area contributed by atoms with Gasteiger partial charge in [0.2, 0.25) is 0 Å². The summed E-state index contributed by atoms with van der Waals surface area (Å²) in [6, 6.07) is 9.29. The second kappa shape index (κ2) is 22.6. The van der Waals surface area contributed by atoms with Crippen LogP contribution in [0.1, 0.15) is 107 Å². The van der Waals surface area contributed by atoms with Gasteiger partial charge in [-0.1, -0.05) is 51.1 Å². The van der Waals surface area contributed by atoms with Crippen molar-refractivity contribution in [1.82, 2.24) is 15.1 Å². The standard InChI is InChI=1S/C47H83N3O12/c1-14-36-47(10,56)40(52)32(6)50(22-18-21-48-26-34-19-16-15-17-20-34)27-28(2)24-45(8,55)42(62-44-38(51)35(49(11)12)23-29(3)58-44)30(4)39(31(5)43(54)60-36)61-37-25-46(9,57-13)41(53)33(7)59-37/h15-17,19-20,28-33,35-42,44,48,51-53,55-56H,14,18,21-27H2,1-13H3/t28-,29-,30+,31-,32-,33+,35+,36-,37?,38-,39+,40+,41+,42-,44+,45-,46-,47-/m1/s1. The van der Waals surface area contributed by atoms with Gasteiger partial charge in [-0.15, -0.1) is 0 Å². The van der Waals surface area contributed by atoms with E-state index in [1.807, 2.05) is 64.9 Å². The van der Waals surface area contributed by atoms with Gasteiger partial charge in [-0.05, 0) is 113 Å². The quantitative estimate of drug-likeness (QED) is 0.125. The molecular formula is C47H83N3O12. The number of aliphatic hydroxyl groups is 5. The lowest BCUT2D eigenvalue weighted by Gasteiger charge is -2.48. The average Bonchev–Trinajstić information content (AvgIpc) is 3.21. The van der Waals surface area contributed by atoms with Gasteiger partial charge in [0, 0.05) is 44.6 Å². The summed E-state index contributed by atoms with van der Waals surface area (Å²) in [7, 11) is 5.30. The Morgan fingerprint density at radius 3 is 2.21 bits per heavy atom. The van der Waals surface area contributed by atoms with Crippen LogP contribution in [0.5, 0.6) is 0 Å². The van der Waals surface area contributed by atoms with Crippen LogP contribution in [0.3, 0.4) is 0 Å². The van der Waals surface area contributed by atoms with Crippen molar-refractivity contribution in [3.05, 3.63) is 35.9 Å². The van der Waals surface area contributed by atoms with Gasteiger partial charge in [-0.3, -0.25) is 9.69 Å². The van der Waals surface area contributed by atoms with Crippen LogP contribution in [0, 0.1) is 17.8 Å². The van der Waals surface area contributed by atoms with Crippen molar-refractivity contribution in [2.75, 3.05) is 40.8 Å². The molecule has 0 aromatic heterocycles. The lowest BCUT2D eigenvalue weighted by atomic mass is 9.77. The Hall–Kier alpha value is -1.83. The van der Waals surface area contributed by atoms with E-state index in [1.165, 1.54) is 19.6 Å². The number of benzene rings is 1. The van der Waals surface area contributed by atoms with Gasteiger partial charge >= 0.3 is 5.97 Å². The number of ether oxygens (including phenoxy) is 6. The van der Waals surface area contributed by atoms with E-state index in [1.54, 1.807) is 34.6 Å². The number of nitrogens with one attached hydrogen (secondary N) is 1. The van der Waals surface area contributed by atoms with E-state index in [9.17, 15) is 30.3 Å². The fourth-order valence-corrected chi connectivity index (χ4v) is 10.1. The summed E-state index contributed by atoms with van der Waals surface area (Å²) in [6.07, 6.45) is -7.71. The summed E-state index contributed by atoms with van der Waals surface area (Å²) in [5.41, 5.74) is -3.30. The molecule has 3 fully saturated rings. The molecule has 0 amide bonds. The number of hydrogen-bond donors (Lipinski definition) is 6. The minimum Gasteiger partial charge on any atom is -0.459 e. The van der Waals surface area contributed by atoms with Crippen molar-refractivity contribution >= 4 is 5.97 Å². The molecule has 358 valence electrons. The number of carbonyl (C=O) groups is 1. The lowest BCUT2D eigenvalue weighted by Crippen LogP contribution is -2.60. The Bertz CT molecular complexity index is 1510. The van der Waals surface area contributed by atoms with E-state index in [-0.39, 0.29) is 37.3 Å². The number of hydrogen-bond acceptors (Lipinski definition) is 15. The van der Waals surface area contributed by atoms with Crippen LogP contribution >= 0.6 is 0 Å². The number of methoxy groups -OCH3 is 1. The fraction of sp³-hybridized carbons (Fsp3) is 0.851. The predicted molar refractivity (Wildman–Crippen MR) is 236 cm³/mol. The molecule has 0 aliphatic carbocycles. The highest BCUT2D eigenvalue weighted by Gasteiger charge is 2.53. The molecule has 3 aliphatic heterocycles. The molecule has 18 atom stereocenters. The molecular weight excluding hydrogens is 799 g/mol. The molecule has 62 heavy (non-hydrogen) atoms. The maximum absolute atomic E-state index is 14.5. The highest BCUT2D eigenvalue weighted by molar-refractivity contribution is 5.73. The van der Waals surface area contributed by atoms with Crippen LogP contribution in [-0.4, -0.2) is 172 Å². The first-order valence-electron chi connectivity index (χ1n) is 23.0. The normalized spacial score (nSPS) is 43.5. The first-order chi connectivity index (χ1) is 29.0. The third kappa shape index (κ3) is 12.9. The highest BCUT2D eigenvalue weighted by atomic mass is 16.7. The van der Waals surface area contributed by atoms with Gasteiger partial charge in [-0.2, -0.15) is 0 Å². The van der Waals surface area contributed by atoms with E-state index >= 15 is 0 Å². The summed E-state index contributed by atoms with van der Waals surface area (Å²) >= 11 is 0. The third-order valence-electron chi connectivity index (χ3n) is 14.0. The summed E-state index contributed by atoms with van der Waals surface area (Å²) in [5, 5.41) is 63.2. The molecule has 1 aromatic carbocycles. The molecule has 1 unspecified atom stereocenters. The first-order valence-corrected chi connectivity index (χ1v) is 23.0. The van der Waals surface area contributed by atoms with Crippen LogP contribution in [0.2, 0.25) is 0 Å². The minimum absolute atomic E-state index is 0.124. The molecule has 3 saturated heterocycles. The lowest BCUT2D eigenvalue weighted by molar-refractivity contribution is -0.318. The van der Waals surface area contributed by atoms with Crippen molar-refractivity contribution in [2.45, 2.75) is 198 Å². The van der Waals surface area contributed by atoms with Crippen molar-refractivity contribution in [1.29, 1.82) is 0 Å². The zero-order valence-electron chi connectivity index (χ0n) is 39.9. The second-order valence-corrected chi connectivity index (χ2v) is 19.7. The van der Waals surface area contributed by atoms with Crippen LogP contribution < -0.4 is 5.32 Å². The molecule has 15 nitrogen and oxygen atoms in total. The molecule has 0 radical (unpaired) electrons. The monoisotopic (exact) mass is 882 g/mol. The minimum atomic E-state index is -1.84. The van der Waals surface area contributed by atoms with Crippen LogP contribution in [-0.2, 0) is 39.8 Å². The Morgan fingerprint density at radius 2 is 1.60 bits per heavy atom. The Kier molecular flexibility index (Phi) is 19.2. The first kappa shape index (κ1) is 52.8. The fourth-order valence-electron chi connectivity index (χ4n) is 10.1. The van der Waals surface area contributed by atoms with Crippen molar-refractivity contribution in [2.24, 2.45) is 17.8 Å². The van der Waals surface area contributed by atoms with Gasteiger partial charge in [0.1, 0.15) is 30.0 Å². The predicted octanol–water partition coefficient (Wildman–Crippen LogP) is 3.45. The number of nitrogens with zero attached hydrogens (tertiary/aromatic N) is 2. The van der Waals surface area contributed by atoms with E-state index < -0.39 is 96.0 Å². The molecule has 3 aliphatic rings. The van der Waals surface area contributed by atoms with Crippen LogP contribution in [0.4, 0.5) is 0 Å². The maximum atomic E-state index is 14.5. The largest absolute Gasteiger partial charge is 0.459 e. The number of likely N-dealkylation sites (N-methyl/N-ethyl adjacent to an activating group) is 1. The van der Waals surface area contributed by atoms with Crippen molar-refractivity contribution in [3.63, 3.8) is 0 Å². The highest BCUT2D eigenvalue weighted by Crippen LogP contribution is 2.40. The summed E-state index contributed by atoms with van der Waals surface area (Å²) in [5.74, 6) is -2.67. The number of cyclic esters (lactones) is 1. The summed E-state index contributed by atoms with van der Waals surface area (Å²) < 4.78 is 38.1. The Labute approximate surface area is 371 Å². The molecule has 0 bridgehead atoms. The number of aliphatic hydroxyl groups excluding tert-OH is 3. The SMILES string of the molecule is CC[C@H]1OC(=O)[C@H](C)[C@@H](OC2C[C@@](C)(OC)[C@@H](O)[C@H](C)O2)[C@H](C)[C@@H](O[C@@H]2O[C@H](C)C[C@H](N(C)C)[C@H]2O)[C@](C)(O)C[C@@H](C)CN(CCCNCc2ccccc2)[C@H](C)[C@H](O)[C@]1(C)O. The number of esters is 1. The molecule has 15 heteroatoms. The maximum Gasteiger partial charge on any atom is 0.311 e. The molecule has 0 saturated carbocycles. The van der Waals surface area contributed by atoms with E-state index in [2.05, 4.69) is 22.3 Å². The van der Waals surface area contributed by atoms with Crippen LogP contribution in [0.15, 0.2) is 30.3 Å². The average molecular weight is 882 g/mol. The van der Waals surface area contributed by atoms with Crippen LogP contribution in [0.25, 0.3) is 0 Å². The van der Waals surface area contributed by atoms with Gasteiger partial charge in [0.25, 0.3) is 0 Å². The molecule has 1 aromatic rings. The van der Waals surface area contributed by atoms with E-state index in [4.69, 9.17) is 28.4 Å². The van der Waals surface area contributed by atoms with Gasteiger partial charge in [0.15, 0.2) is 12.6 Å². The topological polar surface area (TPSA) is 192 Å². The molecule has 3 heterocycles. The second-order valence-electron chi connectivity index (χ2n) is 19.7. The van der Waals surface area contributed by atoms with E-state index in [0.717, 1.165) is 6.42 Å². The van der Waals surface area contributed by atoms with E-state index in [0.29, 0.717) is 32.6 Å². The van der Waals surface area contributed by atoms with Crippen molar-refractivity contribution < 1.29 is 58.7 Å². The summed E-state index contributed by atoms with van der Waals surface area (Å²) in [6.45, 7) is 20.3. The zero-order chi connectivity index (χ0) is 46.3. The zero-order valence-corrected chi connectivity index (χ0v) is 39.9. The number of rotatable bonds is 13. The van der Waals surface area contributed by atoms with Gasteiger partial charge in [-0.25, -0.2) is 0 Å². The smallest absolute Gasteiger partial charge is 0.311 e. The third-order valence-corrected chi connectivity index (χ3v) is 14.0. The molecule has 0 spiro atoms. The van der Waals surface area contributed by atoms with Crippen molar-refractivity contribution in [3.8, 4) is 0 Å². The van der Waals surface area contributed by atoms with Gasteiger partial charge < -0.3 is 64.2 Å². The molecule has 4 rings (SSSR count).